The van der Waals surface area contributed by atoms with Gasteiger partial charge in [0.05, 0.1) is 13.2 Å². The van der Waals surface area contributed by atoms with E-state index in [1.54, 1.807) is 0 Å². The van der Waals surface area contributed by atoms with Gasteiger partial charge in [0.25, 0.3) is 0 Å². The van der Waals surface area contributed by atoms with Gasteiger partial charge in [-0.3, -0.25) is 9.69 Å². The fourth-order valence-corrected chi connectivity index (χ4v) is 3.86. The highest BCUT2D eigenvalue weighted by atomic mass is 16.5. The Hall–Kier alpha value is -2.45. The predicted octanol–water partition coefficient (Wildman–Crippen LogP) is 3.00. The second-order valence-electron chi connectivity index (χ2n) is 7.69. The van der Waals surface area contributed by atoms with Gasteiger partial charge in [-0.2, -0.15) is 0 Å². The van der Waals surface area contributed by atoms with Crippen LogP contribution in [0.5, 0.6) is 0 Å². The van der Waals surface area contributed by atoms with Gasteiger partial charge in [-0.05, 0) is 50.1 Å². The van der Waals surface area contributed by atoms with Gasteiger partial charge in [-0.15, -0.1) is 5.10 Å². The zero-order valence-electron chi connectivity index (χ0n) is 16.7. The predicted molar refractivity (Wildman–Crippen MR) is 111 cm³/mol. The van der Waals surface area contributed by atoms with Gasteiger partial charge in [0.15, 0.2) is 0 Å². The second kappa shape index (κ2) is 9.84. The summed E-state index contributed by atoms with van der Waals surface area (Å²) < 4.78 is 11.1. The SMILES string of the molecule is O=C(Nc1ccc(-c2nnc(NCCCN3CCOCC3)o2)cc1)C1CCCC1. The molecule has 2 aliphatic rings. The molecule has 0 spiro atoms. The average molecular weight is 399 g/mol. The molecule has 1 aliphatic heterocycles. The summed E-state index contributed by atoms with van der Waals surface area (Å²) in [7, 11) is 0. The fourth-order valence-electron chi connectivity index (χ4n) is 3.86. The van der Waals surface area contributed by atoms with Gasteiger partial charge in [-0.25, -0.2) is 0 Å². The zero-order valence-corrected chi connectivity index (χ0v) is 16.7. The maximum atomic E-state index is 12.2. The van der Waals surface area contributed by atoms with Crippen molar-refractivity contribution in [3.05, 3.63) is 24.3 Å². The molecule has 1 aromatic heterocycles. The van der Waals surface area contributed by atoms with E-state index in [-0.39, 0.29) is 11.8 Å². The van der Waals surface area contributed by atoms with Crippen LogP contribution in [0.2, 0.25) is 0 Å². The molecule has 1 aromatic carbocycles. The van der Waals surface area contributed by atoms with Gasteiger partial charge < -0.3 is 19.8 Å². The van der Waals surface area contributed by atoms with E-state index in [0.29, 0.717) is 11.9 Å². The van der Waals surface area contributed by atoms with Crippen molar-refractivity contribution in [2.24, 2.45) is 5.92 Å². The molecule has 2 aromatic rings. The van der Waals surface area contributed by atoms with Crippen LogP contribution in [0.25, 0.3) is 11.5 Å². The van der Waals surface area contributed by atoms with E-state index in [1.165, 1.54) is 0 Å². The van der Waals surface area contributed by atoms with E-state index in [0.717, 1.165) is 82.7 Å². The Morgan fingerprint density at radius 3 is 2.62 bits per heavy atom. The molecule has 2 N–H and O–H groups in total. The summed E-state index contributed by atoms with van der Waals surface area (Å²) in [6.07, 6.45) is 5.30. The summed E-state index contributed by atoms with van der Waals surface area (Å²) in [5.41, 5.74) is 1.63. The number of rotatable bonds is 8. The van der Waals surface area contributed by atoms with E-state index in [9.17, 15) is 4.79 Å². The van der Waals surface area contributed by atoms with Gasteiger partial charge in [0.1, 0.15) is 0 Å². The monoisotopic (exact) mass is 399 g/mol. The maximum absolute atomic E-state index is 12.2. The van der Waals surface area contributed by atoms with Crippen molar-refractivity contribution in [2.75, 3.05) is 50.0 Å². The average Bonchev–Trinajstić information content (AvgIpc) is 3.45. The van der Waals surface area contributed by atoms with Crippen LogP contribution < -0.4 is 10.6 Å². The van der Waals surface area contributed by atoms with Crippen LogP contribution in [0.3, 0.4) is 0 Å². The van der Waals surface area contributed by atoms with E-state index >= 15 is 0 Å². The summed E-state index contributed by atoms with van der Waals surface area (Å²) in [6.45, 7) is 5.47. The highest BCUT2D eigenvalue weighted by molar-refractivity contribution is 5.92. The molecule has 0 radical (unpaired) electrons. The molecule has 156 valence electrons. The topological polar surface area (TPSA) is 92.5 Å². The van der Waals surface area contributed by atoms with Crippen LogP contribution in [0, 0.1) is 5.92 Å². The first-order chi connectivity index (χ1) is 14.3. The minimum atomic E-state index is 0.122. The second-order valence-corrected chi connectivity index (χ2v) is 7.69. The smallest absolute Gasteiger partial charge is 0.315 e. The van der Waals surface area contributed by atoms with E-state index in [2.05, 4.69) is 25.7 Å². The highest BCUT2D eigenvalue weighted by Gasteiger charge is 2.22. The molecule has 0 unspecified atom stereocenters. The standard InChI is InChI=1S/C21H29N5O3/c27-19(16-4-1-2-5-16)23-18-8-6-17(7-9-18)20-24-25-21(29-20)22-10-3-11-26-12-14-28-15-13-26/h6-9,16H,1-5,10-15H2,(H,22,25)(H,23,27). The molecule has 1 amide bonds. The lowest BCUT2D eigenvalue weighted by Gasteiger charge is -2.26. The van der Waals surface area contributed by atoms with Crippen molar-refractivity contribution in [1.29, 1.82) is 0 Å². The first-order valence-electron chi connectivity index (χ1n) is 10.6. The number of hydrogen-bond donors (Lipinski definition) is 2. The number of anilines is 2. The van der Waals surface area contributed by atoms with E-state index in [1.807, 2.05) is 24.3 Å². The number of carbonyl (C=O) groups excluding carboxylic acids is 1. The number of amides is 1. The molecule has 4 rings (SSSR count). The van der Waals surface area contributed by atoms with Gasteiger partial charge in [0, 0.05) is 36.8 Å². The highest BCUT2D eigenvalue weighted by Crippen LogP contribution is 2.27. The number of morpholine rings is 1. The summed E-state index contributed by atoms with van der Waals surface area (Å²) in [5, 5.41) is 14.4. The Labute approximate surface area is 171 Å². The molecule has 1 saturated heterocycles. The first kappa shape index (κ1) is 19.8. The third-order valence-electron chi connectivity index (χ3n) is 5.58. The fraction of sp³-hybridized carbons (Fsp3) is 0.571. The molecule has 2 fully saturated rings. The Bertz CT molecular complexity index is 780. The Morgan fingerprint density at radius 2 is 1.86 bits per heavy atom. The number of nitrogens with zero attached hydrogens (tertiary/aromatic N) is 3. The van der Waals surface area contributed by atoms with Crippen molar-refractivity contribution >= 4 is 17.6 Å². The third kappa shape index (κ3) is 5.55. The Morgan fingerprint density at radius 1 is 1.10 bits per heavy atom. The molecular weight excluding hydrogens is 370 g/mol. The largest absolute Gasteiger partial charge is 0.403 e. The Kier molecular flexibility index (Phi) is 6.74. The lowest BCUT2D eigenvalue weighted by molar-refractivity contribution is -0.119. The molecular formula is C21H29N5O3. The van der Waals surface area contributed by atoms with Crippen LogP contribution in [-0.4, -0.2) is 60.4 Å². The van der Waals surface area contributed by atoms with Crippen molar-refractivity contribution in [3.8, 4) is 11.5 Å². The van der Waals surface area contributed by atoms with Gasteiger partial charge >= 0.3 is 6.01 Å². The van der Waals surface area contributed by atoms with E-state index < -0.39 is 0 Å². The summed E-state index contributed by atoms with van der Waals surface area (Å²) in [4.78, 5) is 14.6. The molecule has 0 atom stereocenters. The van der Waals surface area contributed by atoms with E-state index in [4.69, 9.17) is 9.15 Å². The quantitative estimate of drug-likeness (QED) is 0.659. The number of carbonyl (C=O) groups is 1. The van der Waals surface area contributed by atoms with Crippen molar-refractivity contribution in [1.82, 2.24) is 15.1 Å². The lowest BCUT2D eigenvalue weighted by atomic mass is 10.1. The minimum absolute atomic E-state index is 0.122. The van der Waals surface area contributed by atoms with Gasteiger partial charge in [-0.1, -0.05) is 17.9 Å². The van der Waals surface area contributed by atoms with Crippen LogP contribution in [-0.2, 0) is 9.53 Å². The van der Waals surface area contributed by atoms with Crippen LogP contribution in [0.1, 0.15) is 32.1 Å². The number of benzene rings is 1. The maximum Gasteiger partial charge on any atom is 0.315 e. The number of aromatic nitrogens is 2. The number of ether oxygens (including phenoxy) is 1. The third-order valence-corrected chi connectivity index (χ3v) is 5.58. The van der Waals surface area contributed by atoms with Crippen molar-refractivity contribution < 1.29 is 13.9 Å². The number of hydrogen-bond acceptors (Lipinski definition) is 7. The Balaban J connectivity index is 1.23. The molecule has 2 heterocycles. The molecule has 8 nitrogen and oxygen atoms in total. The summed E-state index contributed by atoms with van der Waals surface area (Å²) in [5.74, 6) is 0.744. The normalized spacial score (nSPS) is 18.1. The summed E-state index contributed by atoms with van der Waals surface area (Å²) >= 11 is 0. The lowest BCUT2D eigenvalue weighted by Crippen LogP contribution is -2.37. The molecule has 8 heteroatoms. The van der Waals surface area contributed by atoms with Gasteiger partial charge in [0.2, 0.25) is 11.8 Å². The molecule has 1 aliphatic carbocycles. The van der Waals surface area contributed by atoms with Crippen molar-refractivity contribution in [3.63, 3.8) is 0 Å². The van der Waals surface area contributed by atoms with Crippen LogP contribution in [0.4, 0.5) is 11.7 Å². The zero-order chi connectivity index (χ0) is 19.9. The molecule has 29 heavy (non-hydrogen) atoms. The molecule has 1 saturated carbocycles. The van der Waals surface area contributed by atoms with Crippen LogP contribution in [0.15, 0.2) is 28.7 Å². The van der Waals surface area contributed by atoms with Crippen LogP contribution >= 0.6 is 0 Å². The van der Waals surface area contributed by atoms with Crippen molar-refractivity contribution in [2.45, 2.75) is 32.1 Å². The first-order valence-corrected chi connectivity index (χ1v) is 10.6. The minimum Gasteiger partial charge on any atom is -0.403 e. The summed E-state index contributed by atoms with van der Waals surface area (Å²) in [6, 6.07) is 7.96. The molecule has 0 bridgehead atoms. The number of nitrogens with one attached hydrogen (secondary N) is 2.